The average Bonchev–Trinajstić information content (AvgIpc) is 3.38. The SMILES string of the molecule is C=CC[C@@H](CC(=O)OC(C)(C)C)C(=O)OC[C@@H]1CCCN1C(=O)[C@@H](CC=C)CC(=O)N[C@H](CO)Cc1ccccc1. The molecule has 1 saturated heterocycles. The van der Waals surface area contributed by atoms with Gasteiger partial charge in [0.2, 0.25) is 11.8 Å². The third-order valence-electron chi connectivity index (χ3n) is 6.84. The summed E-state index contributed by atoms with van der Waals surface area (Å²) in [5, 5.41) is 12.6. The van der Waals surface area contributed by atoms with Crippen LogP contribution in [-0.2, 0) is 35.1 Å². The molecule has 0 aliphatic carbocycles. The monoisotopic (exact) mass is 570 g/mol. The van der Waals surface area contributed by atoms with Crippen molar-refractivity contribution in [1.29, 1.82) is 0 Å². The molecule has 9 nitrogen and oxygen atoms in total. The molecule has 0 bridgehead atoms. The van der Waals surface area contributed by atoms with E-state index < -0.39 is 35.4 Å². The number of carbonyl (C=O) groups excluding carboxylic acids is 4. The molecule has 2 rings (SSSR count). The summed E-state index contributed by atoms with van der Waals surface area (Å²) in [5.41, 5.74) is 0.325. The van der Waals surface area contributed by atoms with Gasteiger partial charge in [-0.3, -0.25) is 19.2 Å². The molecule has 226 valence electrons. The van der Waals surface area contributed by atoms with Gasteiger partial charge in [0.15, 0.2) is 0 Å². The third kappa shape index (κ3) is 11.9. The van der Waals surface area contributed by atoms with Crippen molar-refractivity contribution in [2.75, 3.05) is 19.8 Å². The Morgan fingerprint density at radius 1 is 1.07 bits per heavy atom. The van der Waals surface area contributed by atoms with E-state index in [1.165, 1.54) is 0 Å². The first-order chi connectivity index (χ1) is 19.5. The van der Waals surface area contributed by atoms with Crippen molar-refractivity contribution in [3.05, 3.63) is 61.2 Å². The summed E-state index contributed by atoms with van der Waals surface area (Å²) in [5.74, 6) is -2.89. The number of carbonyl (C=O) groups is 4. The van der Waals surface area contributed by atoms with Gasteiger partial charge in [-0.1, -0.05) is 42.5 Å². The van der Waals surface area contributed by atoms with Crippen LogP contribution in [-0.4, -0.2) is 71.2 Å². The second-order valence-electron chi connectivity index (χ2n) is 11.5. The molecule has 0 aromatic heterocycles. The topological polar surface area (TPSA) is 122 Å². The summed E-state index contributed by atoms with van der Waals surface area (Å²) in [6, 6.07) is 8.76. The van der Waals surface area contributed by atoms with Gasteiger partial charge in [0.1, 0.15) is 12.2 Å². The van der Waals surface area contributed by atoms with E-state index in [1.807, 2.05) is 30.3 Å². The molecular weight excluding hydrogens is 524 g/mol. The molecular formula is C32H46N2O7. The van der Waals surface area contributed by atoms with Gasteiger partial charge in [-0.25, -0.2) is 0 Å². The van der Waals surface area contributed by atoms with Gasteiger partial charge in [0.25, 0.3) is 0 Å². The number of aliphatic hydroxyl groups excluding tert-OH is 1. The second-order valence-corrected chi connectivity index (χ2v) is 11.5. The second kappa shape index (κ2) is 16.7. The number of allylic oxidation sites excluding steroid dienone is 2. The standard InChI is InChI=1S/C32H46N2O7/c1-6-12-24(19-28(36)33-26(21-35)18-23-14-9-8-10-15-23)30(38)34-17-11-16-27(34)22-40-31(39)25(13-7-2)20-29(37)41-32(3,4)5/h6-10,14-15,24-27,35H,1-2,11-13,16-22H2,3-5H3,(H,33,36)/t24-,25-,26-,27-/m0/s1. The summed E-state index contributed by atoms with van der Waals surface area (Å²) in [6.07, 6.45) is 5.48. The van der Waals surface area contributed by atoms with E-state index in [9.17, 15) is 24.3 Å². The van der Waals surface area contributed by atoms with E-state index in [0.29, 0.717) is 25.8 Å². The normalized spacial score (nSPS) is 17.2. The van der Waals surface area contributed by atoms with Gasteiger partial charge >= 0.3 is 11.9 Å². The van der Waals surface area contributed by atoms with Gasteiger partial charge in [-0.15, -0.1) is 13.2 Å². The molecule has 2 N–H and O–H groups in total. The van der Waals surface area contributed by atoms with Crippen LogP contribution in [0.3, 0.4) is 0 Å². The highest BCUT2D eigenvalue weighted by Gasteiger charge is 2.35. The van der Waals surface area contributed by atoms with E-state index in [1.54, 1.807) is 37.8 Å². The molecule has 4 atom stereocenters. The van der Waals surface area contributed by atoms with Gasteiger partial charge in [0, 0.05) is 13.0 Å². The number of hydrogen-bond acceptors (Lipinski definition) is 7. The van der Waals surface area contributed by atoms with Crippen molar-refractivity contribution in [3.63, 3.8) is 0 Å². The number of amides is 2. The zero-order chi connectivity index (χ0) is 30.4. The van der Waals surface area contributed by atoms with Gasteiger partial charge in [0.05, 0.1) is 36.9 Å². The first-order valence-corrected chi connectivity index (χ1v) is 14.3. The lowest BCUT2D eigenvalue weighted by atomic mass is 9.98. The first-order valence-electron chi connectivity index (χ1n) is 14.3. The average molecular weight is 571 g/mol. The van der Waals surface area contributed by atoms with Crippen LogP contribution in [0.15, 0.2) is 55.6 Å². The fourth-order valence-electron chi connectivity index (χ4n) is 4.92. The highest BCUT2D eigenvalue weighted by molar-refractivity contribution is 5.86. The minimum Gasteiger partial charge on any atom is -0.463 e. The maximum absolute atomic E-state index is 13.5. The van der Waals surface area contributed by atoms with Crippen molar-refractivity contribution in [2.45, 2.75) is 83.4 Å². The smallest absolute Gasteiger partial charge is 0.309 e. The Bertz CT molecular complexity index is 1030. The van der Waals surface area contributed by atoms with Crippen LogP contribution >= 0.6 is 0 Å². The lowest BCUT2D eigenvalue weighted by Gasteiger charge is -2.29. The Morgan fingerprint density at radius 2 is 1.73 bits per heavy atom. The molecule has 1 heterocycles. The largest absolute Gasteiger partial charge is 0.463 e. The Balaban J connectivity index is 1.97. The molecule has 1 fully saturated rings. The Labute approximate surface area is 244 Å². The molecule has 0 spiro atoms. The number of benzene rings is 1. The number of ether oxygens (including phenoxy) is 2. The lowest BCUT2D eigenvalue weighted by Crippen LogP contribution is -2.45. The molecule has 1 aromatic rings. The molecule has 0 saturated carbocycles. The van der Waals surface area contributed by atoms with E-state index in [0.717, 1.165) is 12.0 Å². The molecule has 9 heteroatoms. The minimum atomic E-state index is -0.722. The van der Waals surface area contributed by atoms with E-state index in [4.69, 9.17) is 9.47 Å². The number of likely N-dealkylation sites (tertiary alicyclic amines) is 1. The van der Waals surface area contributed by atoms with Crippen molar-refractivity contribution in [2.24, 2.45) is 11.8 Å². The number of esters is 2. The van der Waals surface area contributed by atoms with Crippen LogP contribution in [0, 0.1) is 11.8 Å². The van der Waals surface area contributed by atoms with Gasteiger partial charge < -0.3 is 24.8 Å². The molecule has 41 heavy (non-hydrogen) atoms. The van der Waals surface area contributed by atoms with Crippen molar-refractivity contribution in [3.8, 4) is 0 Å². The van der Waals surface area contributed by atoms with Crippen LogP contribution in [0.2, 0.25) is 0 Å². The maximum atomic E-state index is 13.5. The fourth-order valence-corrected chi connectivity index (χ4v) is 4.92. The predicted molar refractivity (Wildman–Crippen MR) is 157 cm³/mol. The van der Waals surface area contributed by atoms with Crippen LogP contribution < -0.4 is 5.32 Å². The summed E-state index contributed by atoms with van der Waals surface area (Å²) >= 11 is 0. The predicted octanol–water partition coefficient (Wildman–Crippen LogP) is 3.75. The lowest BCUT2D eigenvalue weighted by molar-refractivity contribution is -0.162. The summed E-state index contributed by atoms with van der Waals surface area (Å²) in [6.45, 7) is 13.0. The number of nitrogens with zero attached hydrogens (tertiary/aromatic N) is 1. The van der Waals surface area contributed by atoms with Gasteiger partial charge in [-0.05, 0) is 58.4 Å². The van der Waals surface area contributed by atoms with Crippen molar-refractivity contribution < 1.29 is 33.8 Å². The molecule has 1 aliphatic rings. The first kappa shape index (κ1) is 33.7. The third-order valence-corrected chi connectivity index (χ3v) is 6.84. The summed E-state index contributed by atoms with van der Waals surface area (Å²) < 4.78 is 10.9. The van der Waals surface area contributed by atoms with E-state index in [-0.39, 0.29) is 50.3 Å². The van der Waals surface area contributed by atoms with E-state index in [2.05, 4.69) is 18.5 Å². The van der Waals surface area contributed by atoms with Crippen LogP contribution in [0.5, 0.6) is 0 Å². The number of rotatable bonds is 16. The van der Waals surface area contributed by atoms with Crippen molar-refractivity contribution in [1.82, 2.24) is 10.2 Å². The Morgan fingerprint density at radius 3 is 2.34 bits per heavy atom. The van der Waals surface area contributed by atoms with Gasteiger partial charge in [-0.2, -0.15) is 0 Å². The maximum Gasteiger partial charge on any atom is 0.309 e. The highest BCUT2D eigenvalue weighted by atomic mass is 16.6. The molecule has 0 radical (unpaired) electrons. The molecule has 1 aliphatic heterocycles. The Kier molecular flexibility index (Phi) is 13.8. The summed E-state index contributed by atoms with van der Waals surface area (Å²) in [4.78, 5) is 53.2. The molecule has 2 amide bonds. The zero-order valence-electron chi connectivity index (χ0n) is 24.7. The zero-order valence-corrected chi connectivity index (χ0v) is 24.7. The number of hydrogen-bond donors (Lipinski definition) is 2. The Hall–Kier alpha value is -3.46. The summed E-state index contributed by atoms with van der Waals surface area (Å²) in [7, 11) is 0. The van der Waals surface area contributed by atoms with E-state index >= 15 is 0 Å². The van der Waals surface area contributed by atoms with Crippen molar-refractivity contribution >= 4 is 23.8 Å². The van der Waals surface area contributed by atoms with Crippen LogP contribution in [0.1, 0.15) is 64.9 Å². The quantitative estimate of drug-likeness (QED) is 0.229. The van der Waals surface area contributed by atoms with Crippen LogP contribution in [0.4, 0.5) is 0 Å². The number of aliphatic hydroxyl groups is 1. The highest BCUT2D eigenvalue weighted by Crippen LogP contribution is 2.24. The minimum absolute atomic E-state index is 0.00318. The molecule has 1 aromatic carbocycles. The number of nitrogens with one attached hydrogen (secondary N) is 1. The fraction of sp³-hybridized carbons (Fsp3) is 0.562. The van der Waals surface area contributed by atoms with Crippen LogP contribution in [0.25, 0.3) is 0 Å². The molecule has 0 unspecified atom stereocenters.